The Kier molecular flexibility index (Phi) is 4.46. The summed E-state index contributed by atoms with van der Waals surface area (Å²) >= 11 is 0. The number of amides is 1. The molecule has 0 N–H and O–H groups in total. The normalized spacial score (nSPS) is 12.4. The summed E-state index contributed by atoms with van der Waals surface area (Å²) in [5.74, 6) is -2.29. The first-order valence-corrected chi connectivity index (χ1v) is 6.16. The minimum absolute atomic E-state index is 0.566. The molecule has 1 aromatic carbocycles. The lowest BCUT2D eigenvalue weighted by atomic mass is 9.98. The smallest absolute Gasteiger partial charge is 0.337 e. The zero-order chi connectivity index (χ0) is 15.7. The van der Waals surface area contributed by atoms with Gasteiger partial charge in [-0.15, -0.1) is 0 Å². The monoisotopic (exact) mass is 291 g/mol. The average Bonchev–Trinajstić information content (AvgIpc) is 2.35. The van der Waals surface area contributed by atoms with Crippen LogP contribution >= 0.6 is 0 Å². The summed E-state index contributed by atoms with van der Waals surface area (Å²) < 4.78 is 51.8. The minimum atomic E-state index is -4.82. The van der Waals surface area contributed by atoms with Crippen LogP contribution in [0, 0.1) is 5.82 Å². The van der Waals surface area contributed by atoms with Crippen LogP contribution in [0.4, 0.5) is 17.6 Å². The number of alkyl halides is 3. The highest BCUT2D eigenvalue weighted by Gasteiger charge is 2.37. The van der Waals surface area contributed by atoms with Crippen molar-refractivity contribution in [3.8, 4) is 0 Å². The molecule has 0 aliphatic heterocycles. The number of halogens is 4. The third kappa shape index (κ3) is 3.11. The summed E-state index contributed by atoms with van der Waals surface area (Å²) in [5.41, 5.74) is -2.56. The van der Waals surface area contributed by atoms with E-state index in [4.69, 9.17) is 0 Å². The topological polar surface area (TPSA) is 20.3 Å². The number of hydrogen-bond acceptors (Lipinski definition) is 1. The lowest BCUT2D eigenvalue weighted by Gasteiger charge is -2.35. The van der Waals surface area contributed by atoms with Gasteiger partial charge in [0.2, 0.25) is 0 Å². The van der Waals surface area contributed by atoms with Crippen molar-refractivity contribution in [3.05, 3.63) is 35.1 Å². The van der Waals surface area contributed by atoms with Gasteiger partial charge in [-0.2, -0.15) is 13.2 Å². The zero-order valence-corrected chi connectivity index (χ0v) is 11.8. The van der Waals surface area contributed by atoms with Crippen molar-refractivity contribution in [3.63, 3.8) is 0 Å². The fraction of sp³-hybridized carbons (Fsp3) is 0.500. The molecule has 0 aromatic heterocycles. The number of carbonyl (C=O) groups excluding carboxylic acids is 1. The number of benzene rings is 1. The van der Waals surface area contributed by atoms with Crippen LogP contribution in [0.1, 0.15) is 43.1 Å². The molecule has 1 rings (SSSR count). The van der Waals surface area contributed by atoms with Crippen molar-refractivity contribution >= 4 is 5.91 Å². The van der Waals surface area contributed by atoms with E-state index in [1.807, 2.05) is 6.92 Å². The molecule has 1 amide bonds. The molecule has 2 nitrogen and oxygen atoms in total. The SMILES string of the molecule is CCC(C)(C)N(C)C(=O)c1cccc(C(F)(F)F)c1F. The molecule has 0 spiro atoms. The van der Waals surface area contributed by atoms with Crippen LogP contribution in [0.25, 0.3) is 0 Å². The summed E-state index contributed by atoms with van der Waals surface area (Å²) in [6, 6.07) is 2.72. The van der Waals surface area contributed by atoms with Crippen LogP contribution < -0.4 is 0 Å². The Morgan fingerprint density at radius 1 is 1.25 bits per heavy atom. The Labute approximate surface area is 115 Å². The Hall–Kier alpha value is -1.59. The molecule has 0 unspecified atom stereocenters. The first kappa shape index (κ1) is 16.5. The second kappa shape index (κ2) is 5.42. The Morgan fingerprint density at radius 2 is 1.80 bits per heavy atom. The van der Waals surface area contributed by atoms with E-state index in [1.165, 1.54) is 11.9 Å². The zero-order valence-electron chi connectivity index (χ0n) is 11.8. The predicted octanol–water partition coefficient (Wildman–Crippen LogP) is 4.11. The van der Waals surface area contributed by atoms with Crippen molar-refractivity contribution in [2.24, 2.45) is 0 Å². The van der Waals surface area contributed by atoms with E-state index in [9.17, 15) is 22.4 Å². The van der Waals surface area contributed by atoms with Crippen molar-refractivity contribution < 1.29 is 22.4 Å². The highest BCUT2D eigenvalue weighted by atomic mass is 19.4. The maximum absolute atomic E-state index is 13.9. The van der Waals surface area contributed by atoms with E-state index in [2.05, 4.69) is 0 Å². The maximum atomic E-state index is 13.9. The molecular weight excluding hydrogens is 274 g/mol. The minimum Gasteiger partial charge on any atom is -0.337 e. The van der Waals surface area contributed by atoms with E-state index < -0.39 is 34.6 Å². The van der Waals surface area contributed by atoms with Crippen molar-refractivity contribution in [2.75, 3.05) is 7.05 Å². The summed E-state index contributed by atoms with van der Waals surface area (Å²) in [6.45, 7) is 5.36. The first-order valence-electron chi connectivity index (χ1n) is 6.16. The standard InChI is InChI=1S/C14H17F4NO/c1-5-13(2,3)19(4)12(20)9-7-6-8-10(11(9)15)14(16,17)18/h6-8H,5H2,1-4H3. The molecule has 20 heavy (non-hydrogen) atoms. The molecule has 0 radical (unpaired) electrons. The predicted molar refractivity (Wildman–Crippen MR) is 67.9 cm³/mol. The Morgan fingerprint density at radius 3 is 2.25 bits per heavy atom. The Bertz CT molecular complexity index is 508. The molecule has 0 fully saturated rings. The van der Waals surface area contributed by atoms with Crippen LogP contribution in [0.3, 0.4) is 0 Å². The molecule has 0 aliphatic rings. The van der Waals surface area contributed by atoms with E-state index in [1.54, 1.807) is 13.8 Å². The largest absolute Gasteiger partial charge is 0.419 e. The van der Waals surface area contributed by atoms with Gasteiger partial charge in [0.25, 0.3) is 5.91 Å². The van der Waals surface area contributed by atoms with Gasteiger partial charge in [0.05, 0.1) is 11.1 Å². The van der Waals surface area contributed by atoms with Crippen molar-refractivity contribution in [2.45, 2.75) is 38.9 Å². The number of hydrogen-bond donors (Lipinski definition) is 0. The summed E-state index contributed by atoms with van der Waals surface area (Å²) in [7, 11) is 1.45. The third-order valence-corrected chi connectivity index (χ3v) is 3.61. The fourth-order valence-corrected chi connectivity index (χ4v) is 1.61. The lowest BCUT2D eigenvalue weighted by Crippen LogP contribution is -2.44. The van der Waals surface area contributed by atoms with Crippen LogP contribution in [0.5, 0.6) is 0 Å². The van der Waals surface area contributed by atoms with E-state index in [0.29, 0.717) is 12.5 Å². The van der Waals surface area contributed by atoms with Crippen LogP contribution in [-0.4, -0.2) is 23.4 Å². The molecule has 6 heteroatoms. The average molecular weight is 291 g/mol. The van der Waals surface area contributed by atoms with E-state index in [0.717, 1.165) is 12.1 Å². The van der Waals surface area contributed by atoms with Gasteiger partial charge in [0.15, 0.2) is 0 Å². The molecule has 0 atom stereocenters. The van der Waals surface area contributed by atoms with Gasteiger partial charge in [-0.1, -0.05) is 13.0 Å². The van der Waals surface area contributed by atoms with Crippen molar-refractivity contribution in [1.82, 2.24) is 4.90 Å². The second-order valence-electron chi connectivity index (χ2n) is 5.20. The molecular formula is C14H17F4NO. The summed E-state index contributed by atoms with van der Waals surface area (Å²) in [6.07, 6.45) is -4.23. The number of nitrogens with zero attached hydrogens (tertiary/aromatic N) is 1. The maximum Gasteiger partial charge on any atom is 0.419 e. The molecule has 112 valence electrons. The first-order chi connectivity index (χ1) is 9.02. The quantitative estimate of drug-likeness (QED) is 0.768. The van der Waals surface area contributed by atoms with Gasteiger partial charge in [0, 0.05) is 12.6 Å². The Balaban J connectivity index is 3.25. The van der Waals surface area contributed by atoms with Gasteiger partial charge in [-0.05, 0) is 32.4 Å². The third-order valence-electron chi connectivity index (χ3n) is 3.61. The summed E-state index contributed by atoms with van der Waals surface area (Å²) in [5, 5.41) is 0. The molecule has 0 bridgehead atoms. The highest BCUT2D eigenvalue weighted by Crippen LogP contribution is 2.33. The molecule has 0 aliphatic carbocycles. The van der Waals surface area contributed by atoms with E-state index >= 15 is 0 Å². The summed E-state index contributed by atoms with van der Waals surface area (Å²) in [4.78, 5) is 13.4. The van der Waals surface area contributed by atoms with Crippen LogP contribution in [0.2, 0.25) is 0 Å². The van der Waals surface area contributed by atoms with Gasteiger partial charge in [-0.25, -0.2) is 4.39 Å². The highest BCUT2D eigenvalue weighted by molar-refractivity contribution is 5.95. The fourth-order valence-electron chi connectivity index (χ4n) is 1.61. The lowest BCUT2D eigenvalue weighted by molar-refractivity contribution is -0.140. The van der Waals surface area contributed by atoms with Gasteiger partial charge in [0.1, 0.15) is 5.82 Å². The molecule has 0 saturated carbocycles. The molecule has 1 aromatic rings. The number of rotatable bonds is 3. The van der Waals surface area contributed by atoms with Crippen molar-refractivity contribution in [1.29, 1.82) is 0 Å². The van der Waals surface area contributed by atoms with E-state index in [-0.39, 0.29) is 0 Å². The number of carbonyl (C=O) groups is 1. The van der Waals surface area contributed by atoms with Gasteiger partial charge in [-0.3, -0.25) is 4.79 Å². The van der Waals surface area contributed by atoms with Crippen LogP contribution in [0.15, 0.2) is 18.2 Å². The molecule has 0 heterocycles. The molecule has 0 saturated heterocycles. The van der Waals surface area contributed by atoms with Gasteiger partial charge < -0.3 is 4.90 Å². The second-order valence-corrected chi connectivity index (χ2v) is 5.20. The van der Waals surface area contributed by atoms with Gasteiger partial charge >= 0.3 is 6.18 Å². The van der Waals surface area contributed by atoms with Crippen LogP contribution in [-0.2, 0) is 6.18 Å².